The van der Waals surface area contributed by atoms with Gasteiger partial charge in [-0.15, -0.1) is 0 Å². The zero-order valence-corrected chi connectivity index (χ0v) is 25.8. The Morgan fingerprint density at radius 2 is 1.32 bits per heavy atom. The molecule has 2 aromatic carbocycles. The highest BCUT2D eigenvalue weighted by Gasteiger charge is 2.43. The van der Waals surface area contributed by atoms with Crippen LogP contribution in [0.25, 0.3) is 0 Å². The third-order valence-electron chi connectivity index (χ3n) is 8.32. The average molecular weight is 571 g/mol. The molecule has 2 aromatic rings. The van der Waals surface area contributed by atoms with E-state index in [4.69, 9.17) is 18.6 Å². The second-order valence-corrected chi connectivity index (χ2v) is 12.7. The third kappa shape index (κ3) is 7.48. The number of hydrogen-bond donors (Lipinski definition) is 1. The summed E-state index contributed by atoms with van der Waals surface area (Å²) in [5, 5.41) is 0. The van der Waals surface area contributed by atoms with Crippen molar-refractivity contribution in [1.82, 2.24) is 0 Å². The molecule has 0 aromatic heterocycles. The fraction of sp³-hybridized carbons (Fsp3) is 0.515. The first kappa shape index (κ1) is 32.2. The van der Waals surface area contributed by atoms with E-state index < -0.39 is 10.2 Å². The fourth-order valence-electron chi connectivity index (χ4n) is 6.26. The second kappa shape index (κ2) is 13.5. The van der Waals surface area contributed by atoms with Crippen molar-refractivity contribution in [3.8, 4) is 0 Å². The molecule has 2 aliphatic heterocycles. The van der Waals surface area contributed by atoms with Gasteiger partial charge in [0, 0.05) is 41.0 Å². The van der Waals surface area contributed by atoms with Gasteiger partial charge >= 0.3 is 0 Å². The number of para-hydroxylation sites is 2. The van der Waals surface area contributed by atoms with Crippen molar-refractivity contribution >= 4 is 11.4 Å². The number of rotatable bonds is 10. The number of allylic oxidation sites excluding steroid dienone is 3. The van der Waals surface area contributed by atoms with Crippen molar-refractivity contribution < 1.29 is 28.9 Å². The first-order valence-corrected chi connectivity index (χ1v) is 15.9. The lowest BCUT2D eigenvalue weighted by atomic mass is 9.80. The van der Waals surface area contributed by atoms with E-state index >= 15 is 0 Å². The molecule has 0 fully saturated rings. The highest BCUT2D eigenvalue weighted by atomic mass is 35.7. The summed E-state index contributed by atoms with van der Waals surface area (Å²) in [5.41, 5.74) is 7.28. The molecular weight excluding hydrogens is 524 g/mol. The van der Waals surface area contributed by atoms with E-state index in [0.717, 1.165) is 13.1 Å². The molecule has 1 atom stereocenters. The number of fused-ring (bicyclic) bond motifs is 2. The molecule has 0 amide bonds. The van der Waals surface area contributed by atoms with Crippen LogP contribution < -0.4 is 23.8 Å². The number of hydrogen-bond acceptors (Lipinski definition) is 6. The van der Waals surface area contributed by atoms with Crippen LogP contribution in [0.4, 0.5) is 11.4 Å². The molecule has 4 rings (SSSR count). The van der Waals surface area contributed by atoms with E-state index in [1.54, 1.807) is 0 Å². The van der Waals surface area contributed by atoms with Gasteiger partial charge in [0.15, 0.2) is 0 Å². The molecule has 0 saturated heterocycles. The third-order valence-corrected chi connectivity index (χ3v) is 8.32. The van der Waals surface area contributed by atoms with E-state index in [1.165, 1.54) is 66.7 Å². The molecule has 0 bridgehead atoms. The number of anilines is 2. The quantitative estimate of drug-likeness (QED) is 0.418. The van der Waals surface area contributed by atoms with Gasteiger partial charge in [0.05, 0.1) is 20.9 Å². The minimum Gasteiger partial charge on any atom is -0.364 e. The zero-order chi connectivity index (χ0) is 29.6. The van der Waals surface area contributed by atoms with E-state index in [-0.39, 0.29) is 10.8 Å². The molecule has 0 aliphatic carbocycles. The minimum absolute atomic E-state index is 0.0160. The first-order chi connectivity index (χ1) is 18.8. The molecule has 6 nitrogen and oxygen atoms in total. The number of benzene rings is 2. The van der Waals surface area contributed by atoms with Crippen molar-refractivity contribution in [1.29, 1.82) is 0 Å². The molecule has 0 radical (unpaired) electrons. The molecule has 2 heterocycles. The summed E-state index contributed by atoms with van der Waals surface area (Å²) in [6.07, 6.45) is 14.8. The van der Waals surface area contributed by atoms with Crippen LogP contribution in [0.15, 0.2) is 72.5 Å². The second-order valence-electron chi connectivity index (χ2n) is 11.9. The Hall–Kier alpha value is -2.35. The largest absolute Gasteiger partial charge is 0.364 e. The Kier molecular flexibility index (Phi) is 10.9. The Bertz CT molecular complexity index is 1160. The molecule has 40 heavy (non-hydrogen) atoms. The van der Waals surface area contributed by atoms with Gasteiger partial charge in [-0.3, -0.25) is 0 Å². The topological polar surface area (TPSA) is 95.9 Å². The number of unbranched alkanes of at least 4 members (excludes halogenated alkanes) is 4. The van der Waals surface area contributed by atoms with Crippen LogP contribution in [0.3, 0.4) is 0 Å². The number of halogens is 1. The van der Waals surface area contributed by atoms with Gasteiger partial charge < -0.3 is 9.80 Å². The summed E-state index contributed by atoms with van der Waals surface area (Å²) >= 11 is 0. The summed E-state index contributed by atoms with van der Waals surface area (Å²) in [5.74, 6) is 0. The maximum absolute atomic E-state index is 8.60. The van der Waals surface area contributed by atoms with Crippen molar-refractivity contribution in [3.63, 3.8) is 0 Å². The highest BCUT2D eigenvalue weighted by Crippen LogP contribution is 2.48. The summed E-state index contributed by atoms with van der Waals surface area (Å²) in [4.78, 5) is 5.25. The lowest BCUT2D eigenvalue weighted by molar-refractivity contribution is -1.92. The van der Waals surface area contributed by atoms with Crippen molar-refractivity contribution in [3.05, 3.63) is 83.6 Å². The lowest BCUT2D eigenvalue weighted by Gasteiger charge is -2.32. The molecule has 2 aliphatic rings. The van der Waals surface area contributed by atoms with Crippen molar-refractivity contribution in [2.45, 2.75) is 96.9 Å². The van der Waals surface area contributed by atoms with Gasteiger partial charge in [0.25, 0.3) is 0 Å². The highest BCUT2D eigenvalue weighted by molar-refractivity contribution is 5.71. The summed E-state index contributed by atoms with van der Waals surface area (Å²) in [7, 11) is -4.69. The van der Waals surface area contributed by atoms with E-state index in [0.29, 0.717) is 6.04 Å². The molecule has 0 saturated carbocycles. The Labute approximate surface area is 243 Å². The average Bonchev–Trinajstić information content (AvgIpc) is 3.23. The van der Waals surface area contributed by atoms with Crippen LogP contribution in [-0.2, 0) is 10.8 Å². The maximum Gasteiger partial charge on any atom is 0.0777 e. The molecule has 1 N–H and O–H groups in total. The van der Waals surface area contributed by atoms with E-state index in [9.17, 15) is 0 Å². The van der Waals surface area contributed by atoms with Gasteiger partial charge in [0.1, 0.15) is 0 Å². The van der Waals surface area contributed by atoms with Crippen LogP contribution in [0.1, 0.15) is 91.2 Å². The maximum atomic E-state index is 8.60. The van der Waals surface area contributed by atoms with E-state index in [2.05, 4.69) is 118 Å². The van der Waals surface area contributed by atoms with Crippen LogP contribution in [0, 0.1) is 10.2 Å². The summed E-state index contributed by atoms with van der Waals surface area (Å²) in [6.45, 7) is 16.4. The Morgan fingerprint density at radius 3 is 1.93 bits per heavy atom. The van der Waals surface area contributed by atoms with Gasteiger partial charge in [-0.2, -0.15) is 14.0 Å². The van der Waals surface area contributed by atoms with Gasteiger partial charge in [-0.05, 0) is 42.2 Å². The molecule has 7 heteroatoms. The fourth-order valence-corrected chi connectivity index (χ4v) is 6.26. The zero-order valence-electron chi connectivity index (χ0n) is 25.0. The normalized spacial score (nSPS) is 20.1. The number of nitrogens with zero attached hydrogens (tertiary/aromatic N) is 2. The molecule has 1 unspecified atom stereocenters. The van der Waals surface area contributed by atoms with Crippen LogP contribution in [0.2, 0.25) is 0 Å². The predicted octanol–water partition coefficient (Wildman–Crippen LogP) is 4.65. The predicted molar refractivity (Wildman–Crippen MR) is 156 cm³/mol. The Balaban J connectivity index is 0.000000810. The SMILES string of the molecule is CCCCCN1C(=CC=CC2N(CCCCC)c3ccccc3C2(C)C)C(C)(C)c2ccccc21.[O-][Cl+3]([O-])([O-])O. The molecule has 220 valence electrons. The van der Waals surface area contributed by atoms with Crippen molar-refractivity contribution in [2.75, 3.05) is 22.9 Å². The van der Waals surface area contributed by atoms with Crippen LogP contribution >= 0.6 is 0 Å². The van der Waals surface area contributed by atoms with Gasteiger partial charge in [-0.25, -0.2) is 0 Å². The summed E-state index contributed by atoms with van der Waals surface area (Å²) < 4.78 is 32.7. The molecular formula is C33H47ClN2O4. The smallest absolute Gasteiger partial charge is 0.0777 e. The van der Waals surface area contributed by atoms with Crippen molar-refractivity contribution in [2.24, 2.45) is 0 Å². The van der Waals surface area contributed by atoms with Gasteiger partial charge in [-0.1, -0.05) is 116 Å². The van der Waals surface area contributed by atoms with E-state index in [1.807, 2.05) is 0 Å². The monoisotopic (exact) mass is 570 g/mol. The minimum atomic E-state index is -4.69. The standard InChI is InChI=1S/C33H46N2.ClHO4/c1-7-9-15-24-34-28-20-13-11-18-26(28)32(3,4)30(34)22-17-23-31-33(5,6)27-19-12-14-21-29(27)35(31)25-16-10-8-2;2-1(3,4)5/h11-14,17-23,30H,7-10,15-16,24-25H2,1-6H3;(H,2,3,4,5). The lowest BCUT2D eigenvalue weighted by Crippen LogP contribution is -2.58. The van der Waals surface area contributed by atoms with Gasteiger partial charge in [0.2, 0.25) is 0 Å². The summed E-state index contributed by atoms with van der Waals surface area (Å²) in [6, 6.07) is 18.4. The van der Waals surface area contributed by atoms with Crippen LogP contribution in [0.5, 0.6) is 0 Å². The van der Waals surface area contributed by atoms with Crippen LogP contribution in [-0.4, -0.2) is 23.8 Å². The first-order valence-electron chi connectivity index (χ1n) is 14.6. The Morgan fingerprint density at radius 1 is 0.800 bits per heavy atom. The molecule has 0 spiro atoms.